The number of aromatic nitrogens is 1. The van der Waals surface area contributed by atoms with E-state index in [2.05, 4.69) is 216 Å². The zero-order valence-corrected chi connectivity index (χ0v) is 31.1. The molecule has 0 saturated carbocycles. The smallest absolute Gasteiger partial charge is 0.135 e. The van der Waals surface area contributed by atoms with Crippen molar-refractivity contribution >= 4 is 60.8 Å². The number of furan rings is 1. The lowest BCUT2D eigenvalue weighted by molar-refractivity contribution is 0.669. The molecule has 0 amide bonds. The van der Waals surface area contributed by atoms with Crippen molar-refractivity contribution in [2.75, 3.05) is 4.90 Å². The Morgan fingerprint density at radius 3 is 1.79 bits per heavy atom. The summed E-state index contributed by atoms with van der Waals surface area (Å²) >= 11 is 0. The SMILES string of the molecule is c1ccc(-c2ccc(N(c3ccc4oc5ccccc5c4c3)c3ccccc3-c3cccc(-c4ccc5c(c4)c4ccccc4n5-c4ccccc4)c3)cc2)cc1. The van der Waals surface area contributed by atoms with E-state index < -0.39 is 0 Å². The van der Waals surface area contributed by atoms with Gasteiger partial charge in [0, 0.05) is 44.2 Å². The zero-order valence-electron chi connectivity index (χ0n) is 31.1. The Kier molecular flexibility index (Phi) is 7.82. The standard InChI is InChI=1S/C54H36N2O/c1-3-14-37(15-4-1)38-26-29-43(30-27-38)55(44-31-33-54-49(36-44)47-22-9-12-25-53(47)57-54)50-23-10-7-20-45(50)41-17-13-16-39(34-41)40-28-32-52-48(35-40)46-21-8-11-24-51(46)56(52)42-18-5-2-6-19-42/h1-36H. The predicted molar refractivity (Wildman–Crippen MR) is 239 cm³/mol. The fourth-order valence-corrected chi connectivity index (χ4v) is 8.50. The van der Waals surface area contributed by atoms with E-state index in [1.165, 1.54) is 44.1 Å². The van der Waals surface area contributed by atoms with Crippen molar-refractivity contribution in [2.24, 2.45) is 0 Å². The van der Waals surface area contributed by atoms with Crippen molar-refractivity contribution in [3.05, 3.63) is 218 Å². The molecular weight excluding hydrogens is 693 g/mol. The van der Waals surface area contributed by atoms with Crippen LogP contribution in [0.1, 0.15) is 0 Å². The minimum absolute atomic E-state index is 0.879. The molecule has 0 saturated heterocycles. The average molecular weight is 729 g/mol. The minimum atomic E-state index is 0.879. The summed E-state index contributed by atoms with van der Waals surface area (Å²) in [6.45, 7) is 0. The van der Waals surface area contributed by atoms with E-state index in [1.807, 2.05) is 12.1 Å². The van der Waals surface area contributed by atoms with Crippen LogP contribution in [0.3, 0.4) is 0 Å². The molecule has 11 rings (SSSR count). The molecule has 0 aliphatic rings. The van der Waals surface area contributed by atoms with E-state index in [0.29, 0.717) is 0 Å². The molecule has 3 nitrogen and oxygen atoms in total. The zero-order chi connectivity index (χ0) is 37.7. The van der Waals surface area contributed by atoms with Crippen LogP contribution in [-0.2, 0) is 0 Å². The van der Waals surface area contributed by atoms with Crippen molar-refractivity contribution in [1.82, 2.24) is 4.57 Å². The summed E-state index contributed by atoms with van der Waals surface area (Å²) in [5.41, 5.74) is 15.6. The lowest BCUT2D eigenvalue weighted by Crippen LogP contribution is -2.11. The molecule has 268 valence electrons. The molecular formula is C54H36N2O. The Hall–Kier alpha value is -7.62. The van der Waals surface area contributed by atoms with Gasteiger partial charge in [-0.3, -0.25) is 0 Å². The Bertz CT molecular complexity index is 3230. The molecule has 57 heavy (non-hydrogen) atoms. The van der Waals surface area contributed by atoms with Crippen molar-refractivity contribution in [1.29, 1.82) is 0 Å². The number of benzene rings is 9. The number of hydrogen-bond donors (Lipinski definition) is 0. The number of fused-ring (bicyclic) bond motifs is 6. The summed E-state index contributed by atoms with van der Waals surface area (Å²) in [7, 11) is 0. The Morgan fingerprint density at radius 2 is 0.930 bits per heavy atom. The van der Waals surface area contributed by atoms with E-state index >= 15 is 0 Å². The summed E-state index contributed by atoms with van der Waals surface area (Å²) < 4.78 is 8.63. The summed E-state index contributed by atoms with van der Waals surface area (Å²) in [5.74, 6) is 0. The van der Waals surface area contributed by atoms with Crippen LogP contribution in [0.25, 0.3) is 82.8 Å². The van der Waals surface area contributed by atoms with Gasteiger partial charge in [-0.25, -0.2) is 0 Å². The number of anilines is 3. The fourth-order valence-electron chi connectivity index (χ4n) is 8.50. The van der Waals surface area contributed by atoms with Crippen molar-refractivity contribution < 1.29 is 4.42 Å². The van der Waals surface area contributed by atoms with Crippen LogP contribution < -0.4 is 4.90 Å². The molecule has 0 N–H and O–H groups in total. The van der Waals surface area contributed by atoms with E-state index in [0.717, 1.165) is 55.8 Å². The molecule has 0 spiro atoms. The predicted octanol–water partition coefficient (Wildman–Crippen LogP) is 15.2. The maximum Gasteiger partial charge on any atom is 0.135 e. The molecule has 0 atom stereocenters. The molecule has 0 fully saturated rings. The van der Waals surface area contributed by atoms with E-state index in [1.54, 1.807) is 0 Å². The van der Waals surface area contributed by atoms with E-state index in [4.69, 9.17) is 4.42 Å². The van der Waals surface area contributed by atoms with Gasteiger partial charge in [0.2, 0.25) is 0 Å². The van der Waals surface area contributed by atoms with Crippen LogP contribution in [-0.4, -0.2) is 4.57 Å². The van der Waals surface area contributed by atoms with E-state index in [9.17, 15) is 0 Å². The average Bonchev–Trinajstić information content (AvgIpc) is 3.83. The molecule has 11 aromatic rings. The molecule has 3 heteroatoms. The minimum Gasteiger partial charge on any atom is -0.456 e. The van der Waals surface area contributed by atoms with Crippen molar-refractivity contribution in [3.63, 3.8) is 0 Å². The molecule has 2 aromatic heterocycles. The van der Waals surface area contributed by atoms with Gasteiger partial charge >= 0.3 is 0 Å². The van der Waals surface area contributed by atoms with Gasteiger partial charge in [-0.15, -0.1) is 0 Å². The Balaban J connectivity index is 1.05. The van der Waals surface area contributed by atoms with Gasteiger partial charge in [0.25, 0.3) is 0 Å². The second-order valence-electron chi connectivity index (χ2n) is 14.5. The number of rotatable bonds is 7. The number of para-hydroxylation sites is 4. The summed E-state index contributed by atoms with van der Waals surface area (Å²) in [5, 5.41) is 4.69. The monoisotopic (exact) mass is 728 g/mol. The van der Waals surface area contributed by atoms with Crippen LogP contribution in [0, 0.1) is 0 Å². The molecule has 0 unspecified atom stereocenters. The van der Waals surface area contributed by atoms with Crippen LogP contribution >= 0.6 is 0 Å². The molecule has 9 aromatic carbocycles. The Morgan fingerprint density at radius 1 is 0.333 bits per heavy atom. The van der Waals surface area contributed by atoms with Crippen molar-refractivity contribution in [3.8, 4) is 39.1 Å². The molecule has 0 bridgehead atoms. The molecule has 0 aliphatic heterocycles. The van der Waals surface area contributed by atoms with Gasteiger partial charge in [0.1, 0.15) is 11.2 Å². The van der Waals surface area contributed by atoms with Gasteiger partial charge in [-0.1, -0.05) is 140 Å². The maximum absolute atomic E-state index is 6.27. The Labute approximate surface area is 330 Å². The number of nitrogens with zero attached hydrogens (tertiary/aromatic N) is 2. The second kappa shape index (κ2) is 13.6. The summed E-state index contributed by atoms with van der Waals surface area (Å²) in [4.78, 5) is 2.38. The van der Waals surface area contributed by atoms with Crippen LogP contribution in [0.2, 0.25) is 0 Å². The third-order valence-electron chi connectivity index (χ3n) is 11.2. The second-order valence-corrected chi connectivity index (χ2v) is 14.5. The van der Waals surface area contributed by atoms with Gasteiger partial charge in [-0.05, 0) is 107 Å². The molecule has 2 heterocycles. The third-order valence-corrected chi connectivity index (χ3v) is 11.2. The first-order valence-corrected chi connectivity index (χ1v) is 19.4. The highest BCUT2D eigenvalue weighted by Crippen LogP contribution is 2.44. The maximum atomic E-state index is 6.27. The van der Waals surface area contributed by atoms with Crippen LogP contribution in [0.15, 0.2) is 223 Å². The third kappa shape index (κ3) is 5.68. The normalized spacial score (nSPS) is 11.5. The van der Waals surface area contributed by atoms with Crippen LogP contribution in [0.5, 0.6) is 0 Å². The first kappa shape index (κ1) is 32.8. The largest absolute Gasteiger partial charge is 0.456 e. The highest BCUT2D eigenvalue weighted by atomic mass is 16.3. The van der Waals surface area contributed by atoms with Gasteiger partial charge in [0.15, 0.2) is 0 Å². The van der Waals surface area contributed by atoms with Crippen molar-refractivity contribution in [2.45, 2.75) is 0 Å². The first-order chi connectivity index (χ1) is 28.3. The lowest BCUT2D eigenvalue weighted by Gasteiger charge is -2.28. The van der Waals surface area contributed by atoms with E-state index in [-0.39, 0.29) is 0 Å². The quantitative estimate of drug-likeness (QED) is 0.163. The highest BCUT2D eigenvalue weighted by molar-refractivity contribution is 6.11. The highest BCUT2D eigenvalue weighted by Gasteiger charge is 2.20. The number of hydrogen-bond acceptors (Lipinski definition) is 2. The molecule has 0 aliphatic carbocycles. The van der Waals surface area contributed by atoms with Gasteiger partial charge < -0.3 is 13.9 Å². The van der Waals surface area contributed by atoms with Crippen LogP contribution in [0.4, 0.5) is 17.1 Å². The summed E-state index contributed by atoms with van der Waals surface area (Å²) in [6, 6.07) is 78.2. The topological polar surface area (TPSA) is 21.3 Å². The van der Waals surface area contributed by atoms with Gasteiger partial charge in [0.05, 0.1) is 16.7 Å². The molecule has 0 radical (unpaired) electrons. The fraction of sp³-hybridized carbons (Fsp3) is 0. The summed E-state index contributed by atoms with van der Waals surface area (Å²) in [6.07, 6.45) is 0. The first-order valence-electron chi connectivity index (χ1n) is 19.4. The lowest BCUT2D eigenvalue weighted by atomic mass is 9.96. The van der Waals surface area contributed by atoms with Gasteiger partial charge in [-0.2, -0.15) is 0 Å².